The van der Waals surface area contributed by atoms with Gasteiger partial charge in [-0.25, -0.2) is 13.9 Å². The lowest BCUT2D eigenvalue weighted by atomic mass is 9.89. The number of amides is 2. The Hall–Kier alpha value is -2.90. The minimum atomic E-state index is -0.310. The zero-order valence-corrected chi connectivity index (χ0v) is 14.1. The monoisotopic (exact) mass is 358 g/mol. The Labute approximate surface area is 149 Å². The van der Waals surface area contributed by atoms with Crippen molar-refractivity contribution in [3.8, 4) is 5.69 Å². The highest BCUT2D eigenvalue weighted by molar-refractivity contribution is 5.89. The van der Waals surface area contributed by atoms with Gasteiger partial charge in [-0.2, -0.15) is 5.10 Å². The van der Waals surface area contributed by atoms with Gasteiger partial charge in [0.15, 0.2) is 5.82 Å². The van der Waals surface area contributed by atoms with Gasteiger partial charge in [-0.05, 0) is 43.0 Å². The van der Waals surface area contributed by atoms with E-state index in [0.717, 1.165) is 12.8 Å². The Balaban J connectivity index is 1.33. The molecule has 2 aliphatic heterocycles. The molecule has 0 bridgehead atoms. The van der Waals surface area contributed by atoms with Gasteiger partial charge in [-0.3, -0.25) is 4.79 Å². The van der Waals surface area contributed by atoms with E-state index in [9.17, 15) is 14.0 Å². The molecule has 2 aromatic rings. The van der Waals surface area contributed by atoms with E-state index in [1.165, 1.54) is 12.1 Å². The van der Waals surface area contributed by atoms with Crippen LogP contribution < -0.4 is 5.32 Å². The maximum Gasteiger partial charge on any atom is 0.410 e. The summed E-state index contributed by atoms with van der Waals surface area (Å²) in [5, 5.41) is 7.10. The quantitative estimate of drug-likeness (QED) is 0.911. The Morgan fingerprint density at radius 1 is 1.31 bits per heavy atom. The molecule has 0 spiro atoms. The van der Waals surface area contributed by atoms with Gasteiger partial charge in [-0.15, -0.1) is 0 Å². The molecule has 2 aliphatic rings. The molecule has 136 valence electrons. The highest BCUT2D eigenvalue weighted by atomic mass is 19.1. The first-order chi connectivity index (χ1) is 12.6. The predicted molar refractivity (Wildman–Crippen MR) is 91.3 cm³/mol. The lowest BCUT2D eigenvalue weighted by Gasteiger charge is -2.31. The fraction of sp³-hybridized carbons (Fsp3) is 0.389. The largest absolute Gasteiger partial charge is 0.447 e. The van der Waals surface area contributed by atoms with Crippen LogP contribution in [0.3, 0.4) is 0 Å². The van der Waals surface area contributed by atoms with Gasteiger partial charge >= 0.3 is 6.09 Å². The molecular formula is C18H19FN4O3. The maximum absolute atomic E-state index is 13.0. The number of fused-ring (bicyclic) bond motifs is 1. The van der Waals surface area contributed by atoms with Crippen molar-refractivity contribution in [2.45, 2.75) is 25.3 Å². The molecule has 0 radical (unpaired) electrons. The summed E-state index contributed by atoms with van der Waals surface area (Å²) in [6.07, 6.45) is 3.43. The SMILES string of the molecule is O=C(C[C@H]1CCN2C(=O)OC[C@H]2C1)Nc1ccn(-c2ccc(F)cc2)n1. The summed E-state index contributed by atoms with van der Waals surface area (Å²) >= 11 is 0. The molecule has 2 saturated heterocycles. The van der Waals surface area contributed by atoms with Crippen molar-refractivity contribution in [3.63, 3.8) is 0 Å². The topological polar surface area (TPSA) is 76.5 Å². The highest BCUT2D eigenvalue weighted by Crippen LogP contribution is 2.29. The molecule has 2 fully saturated rings. The second-order valence-electron chi connectivity index (χ2n) is 6.69. The molecular weight excluding hydrogens is 339 g/mol. The summed E-state index contributed by atoms with van der Waals surface area (Å²) in [4.78, 5) is 25.6. The van der Waals surface area contributed by atoms with E-state index in [2.05, 4.69) is 10.4 Å². The van der Waals surface area contributed by atoms with Crippen LogP contribution in [0.5, 0.6) is 0 Å². The summed E-state index contributed by atoms with van der Waals surface area (Å²) in [7, 11) is 0. The van der Waals surface area contributed by atoms with E-state index in [-0.39, 0.29) is 29.8 Å². The summed E-state index contributed by atoms with van der Waals surface area (Å²) in [6.45, 7) is 1.06. The number of nitrogens with one attached hydrogen (secondary N) is 1. The summed E-state index contributed by atoms with van der Waals surface area (Å²) in [5.41, 5.74) is 0.713. The molecule has 1 aromatic carbocycles. The lowest BCUT2D eigenvalue weighted by Crippen LogP contribution is -2.41. The molecule has 1 aromatic heterocycles. The van der Waals surface area contributed by atoms with Gasteiger partial charge in [0.1, 0.15) is 12.4 Å². The molecule has 3 heterocycles. The minimum Gasteiger partial charge on any atom is -0.447 e. The number of hydrogen-bond acceptors (Lipinski definition) is 4. The normalized spacial score (nSPS) is 22.0. The molecule has 0 unspecified atom stereocenters. The number of carbonyl (C=O) groups excluding carboxylic acids is 2. The number of nitrogens with zero attached hydrogens (tertiary/aromatic N) is 3. The standard InChI is InChI=1S/C18H19FN4O3/c19-13-1-3-14(4-2-13)23-8-6-16(21-23)20-17(24)10-12-5-7-22-15(9-12)11-26-18(22)25/h1-4,6,8,12,15H,5,7,9-11H2,(H,20,21,24)/t12-,15+/m0/s1. The number of piperidine rings is 1. The Morgan fingerprint density at radius 2 is 2.12 bits per heavy atom. The summed E-state index contributed by atoms with van der Waals surface area (Å²) in [6, 6.07) is 7.75. The van der Waals surface area contributed by atoms with Gasteiger partial charge < -0.3 is 15.0 Å². The molecule has 0 saturated carbocycles. The number of hydrogen-bond donors (Lipinski definition) is 1. The van der Waals surface area contributed by atoms with Crippen molar-refractivity contribution in [2.75, 3.05) is 18.5 Å². The van der Waals surface area contributed by atoms with E-state index in [1.807, 2.05) is 0 Å². The smallest absolute Gasteiger partial charge is 0.410 e. The summed E-state index contributed by atoms with van der Waals surface area (Å²) in [5.74, 6) is 0.272. The Morgan fingerprint density at radius 3 is 2.92 bits per heavy atom. The molecule has 4 rings (SSSR count). The number of halogens is 1. The maximum atomic E-state index is 13.0. The van der Waals surface area contributed by atoms with Crippen LogP contribution in [0.2, 0.25) is 0 Å². The Bertz CT molecular complexity index is 820. The van der Waals surface area contributed by atoms with Crippen molar-refractivity contribution in [2.24, 2.45) is 5.92 Å². The molecule has 2 amide bonds. The molecule has 0 aliphatic carbocycles. The van der Waals surface area contributed by atoms with Crippen molar-refractivity contribution in [1.29, 1.82) is 0 Å². The van der Waals surface area contributed by atoms with E-state index in [1.54, 1.807) is 34.0 Å². The average Bonchev–Trinajstić information content (AvgIpc) is 3.22. The number of aromatic nitrogens is 2. The number of anilines is 1. The molecule has 1 N–H and O–H groups in total. The van der Waals surface area contributed by atoms with Crippen LogP contribution in [0.25, 0.3) is 5.69 Å². The molecule has 8 heteroatoms. The van der Waals surface area contributed by atoms with Crippen LogP contribution in [0, 0.1) is 11.7 Å². The third-order valence-electron chi connectivity index (χ3n) is 4.88. The molecule has 7 nitrogen and oxygen atoms in total. The number of benzene rings is 1. The number of ether oxygens (including phenoxy) is 1. The van der Waals surface area contributed by atoms with Gasteiger partial charge in [0.05, 0.1) is 11.7 Å². The number of cyclic esters (lactones) is 1. The lowest BCUT2D eigenvalue weighted by molar-refractivity contribution is -0.117. The predicted octanol–water partition coefficient (Wildman–Crippen LogP) is 2.57. The fourth-order valence-corrected chi connectivity index (χ4v) is 3.55. The molecule has 2 atom stereocenters. The molecule has 26 heavy (non-hydrogen) atoms. The first kappa shape index (κ1) is 16.6. The van der Waals surface area contributed by atoms with Crippen LogP contribution >= 0.6 is 0 Å². The van der Waals surface area contributed by atoms with Crippen molar-refractivity contribution >= 4 is 17.8 Å². The van der Waals surface area contributed by atoms with Crippen LogP contribution in [0.1, 0.15) is 19.3 Å². The Kier molecular flexibility index (Phi) is 4.32. The van der Waals surface area contributed by atoms with Crippen molar-refractivity contribution in [3.05, 3.63) is 42.3 Å². The highest BCUT2D eigenvalue weighted by Gasteiger charge is 2.38. The van der Waals surface area contributed by atoms with Crippen LogP contribution in [0.15, 0.2) is 36.5 Å². The second kappa shape index (κ2) is 6.78. The average molecular weight is 358 g/mol. The second-order valence-corrected chi connectivity index (χ2v) is 6.69. The van der Waals surface area contributed by atoms with Gasteiger partial charge in [0.25, 0.3) is 0 Å². The van der Waals surface area contributed by atoms with Crippen molar-refractivity contribution in [1.82, 2.24) is 14.7 Å². The van der Waals surface area contributed by atoms with Crippen LogP contribution in [0.4, 0.5) is 15.0 Å². The number of rotatable bonds is 4. The zero-order valence-electron chi connectivity index (χ0n) is 14.1. The summed E-state index contributed by atoms with van der Waals surface area (Å²) < 4.78 is 19.6. The number of carbonyl (C=O) groups is 2. The van der Waals surface area contributed by atoms with E-state index in [0.29, 0.717) is 31.1 Å². The third-order valence-corrected chi connectivity index (χ3v) is 4.88. The van der Waals surface area contributed by atoms with Gasteiger partial charge in [0, 0.05) is 25.2 Å². The van der Waals surface area contributed by atoms with Gasteiger partial charge in [-0.1, -0.05) is 0 Å². The first-order valence-electron chi connectivity index (χ1n) is 8.63. The van der Waals surface area contributed by atoms with E-state index >= 15 is 0 Å². The van der Waals surface area contributed by atoms with Crippen LogP contribution in [-0.2, 0) is 9.53 Å². The zero-order chi connectivity index (χ0) is 18.1. The third kappa shape index (κ3) is 3.40. The first-order valence-corrected chi connectivity index (χ1v) is 8.63. The van der Waals surface area contributed by atoms with Crippen LogP contribution in [-0.4, -0.2) is 45.9 Å². The van der Waals surface area contributed by atoms with E-state index < -0.39 is 0 Å². The minimum absolute atomic E-state index is 0.0896. The van der Waals surface area contributed by atoms with Crippen molar-refractivity contribution < 1.29 is 18.7 Å². The van der Waals surface area contributed by atoms with Gasteiger partial charge in [0.2, 0.25) is 5.91 Å². The van der Waals surface area contributed by atoms with E-state index in [4.69, 9.17) is 4.74 Å². The fourth-order valence-electron chi connectivity index (χ4n) is 3.55.